The van der Waals surface area contributed by atoms with Gasteiger partial charge in [-0.15, -0.1) is 0 Å². The zero-order chi connectivity index (χ0) is 12.3. The zero-order valence-corrected chi connectivity index (χ0v) is 11.3. The third kappa shape index (κ3) is 3.76. The van der Waals surface area contributed by atoms with Crippen LogP contribution in [0.3, 0.4) is 0 Å². The number of carbonyl (C=O) groups excluding carboxylic acids is 1. The third-order valence-corrected chi connectivity index (χ3v) is 3.03. The number of carbonyl (C=O) groups is 1. The molecule has 1 saturated heterocycles. The van der Waals surface area contributed by atoms with Crippen LogP contribution in [-0.4, -0.2) is 73.0 Å². The molecule has 0 aromatic heterocycles. The van der Waals surface area contributed by atoms with Crippen LogP contribution in [0.4, 0.5) is 0 Å². The van der Waals surface area contributed by atoms with Crippen molar-refractivity contribution < 1.29 is 4.79 Å². The first kappa shape index (κ1) is 13.5. The molecule has 4 nitrogen and oxygen atoms in total. The molecule has 1 aliphatic rings. The lowest BCUT2D eigenvalue weighted by Gasteiger charge is -2.42. The van der Waals surface area contributed by atoms with Gasteiger partial charge in [0.2, 0.25) is 5.91 Å². The molecule has 94 valence electrons. The first-order valence-corrected chi connectivity index (χ1v) is 5.98. The lowest BCUT2D eigenvalue weighted by molar-refractivity contribution is -0.134. The molecule has 1 heterocycles. The molecule has 0 aromatic rings. The molecular formula is C12H25N3O. The first-order valence-electron chi connectivity index (χ1n) is 5.98. The summed E-state index contributed by atoms with van der Waals surface area (Å²) < 4.78 is 0. The van der Waals surface area contributed by atoms with Crippen LogP contribution in [0.25, 0.3) is 0 Å². The van der Waals surface area contributed by atoms with Gasteiger partial charge >= 0.3 is 0 Å². The smallest absolute Gasteiger partial charge is 0.236 e. The largest absolute Gasteiger partial charge is 0.339 e. The van der Waals surface area contributed by atoms with Gasteiger partial charge in [0.25, 0.3) is 0 Å². The molecule has 0 radical (unpaired) electrons. The topological polar surface area (TPSA) is 26.8 Å². The van der Waals surface area contributed by atoms with Gasteiger partial charge in [-0.05, 0) is 34.9 Å². The molecule has 1 aliphatic heterocycles. The minimum atomic E-state index is 0.219. The van der Waals surface area contributed by atoms with E-state index < -0.39 is 0 Å². The summed E-state index contributed by atoms with van der Waals surface area (Å²) in [6.45, 7) is 10.9. The molecule has 0 atom stereocenters. The van der Waals surface area contributed by atoms with Crippen LogP contribution < -0.4 is 0 Å². The predicted molar refractivity (Wildman–Crippen MR) is 66.5 cm³/mol. The SMILES string of the molecule is CN(C)CC(=O)N1CCN(C(C)(C)C)CC1. The van der Waals surface area contributed by atoms with Crippen LogP contribution in [0, 0.1) is 0 Å². The maximum Gasteiger partial charge on any atom is 0.236 e. The minimum Gasteiger partial charge on any atom is -0.339 e. The second-order valence-corrected chi connectivity index (χ2v) is 5.78. The molecule has 1 rings (SSSR count). The van der Waals surface area contributed by atoms with E-state index in [1.165, 1.54) is 0 Å². The Kier molecular flexibility index (Phi) is 4.33. The normalized spacial score (nSPS) is 19.2. The van der Waals surface area contributed by atoms with E-state index in [1.807, 2.05) is 23.9 Å². The maximum atomic E-state index is 11.8. The van der Waals surface area contributed by atoms with E-state index >= 15 is 0 Å². The minimum absolute atomic E-state index is 0.219. The third-order valence-electron chi connectivity index (χ3n) is 3.03. The van der Waals surface area contributed by atoms with E-state index in [2.05, 4.69) is 25.7 Å². The van der Waals surface area contributed by atoms with Crippen molar-refractivity contribution in [2.45, 2.75) is 26.3 Å². The number of hydrogen-bond donors (Lipinski definition) is 0. The van der Waals surface area contributed by atoms with E-state index in [0.717, 1.165) is 26.2 Å². The lowest BCUT2D eigenvalue weighted by atomic mass is 10.0. The van der Waals surface area contributed by atoms with Crippen molar-refractivity contribution in [3.8, 4) is 0 Å². The Morgan fingerprint density at radius 2 is 1.62 bits per heavy atom. The highest BCUT2D eigenvalue weighted by molar-refractivity contribution is 5.78. The Balaban J connectivity index is 2.40. The van der Waals surface area contributed by atoms with Crippen molar-refractivity contribution in [3.63, 3.8) is 0 Å². The van der Waals surface area contributed by atoms with Crippen LogP contribution in [0.1, 0.15) is 20.8 Å². The van der Waals surface area contributed by atoms with Crippen molar-refractivity contribution in [3.05, 3.63) is 0 Å². The summed E-state index contributed by atoms with van der Waals surface area (Å²) in [5.74, 6) is 0.249. The molecular weight excluding hydrogens is 202 g/mol. The number of amides is 1. The van der Waals surface area contributed by atoms with Crippen molar-refractivity contribution in [2.24, 2.45) is 0 Å². The molecule has 0 saturated carbocycles. The number of rotatable bonds is 2. The number of nitrogens with zero attached hydrogens (tertiary/aromatic N) is 3. The molecule has 0 spiro atoms. The highest BCUT2D eigenvalue weighted by atomic mass is 16.2. The van der Waals surface area contributed by atoms with Gasteiger partial charge in [0, 0.05) is 31.7 Å². The summed E-state index contributed by atoms with van der Waals surface area (Å²) in [5, 5.41) is 0. The summed E-state index contributed by atoms with van der Waals surface area (Å²) in [7, 11) is 3.87. The molecule has 0 N–H and O–H groups in total. The van der Waals surface area contributed by atoms with Gasteiger partial charge in [-0.1, -0.05) is 0 Å². The first-order chi connectivity index (χ1) is 7.30. The summed E-state index contributed by atoms with van der Waals surface area (Å²) in [6.07, 6.45) is 0. The Morgan fingerprint density at radius 1 is 1.12 bits per heavy atom. The van der Waals surface area contributed by atoms with Crippen molar-refractivity contribution >= 4 is 5.91 Å². The monoisotopic (exact) mass is 227 g/mol. The summed E-state index contributed by atoms with van der Waals surface area (Å²) in [4.78, 5) is 18.2. The van der Waals surface area contributed by atoms with Gasteiger partial charge in [-0.3, -0.25) is 9.69 Å². The standard InChI is InChI=1S/C12H25N3O/c1-12(2,3)15-8-6-14(7-9-15)11(16)10-13(4)5/h6-10H2,1-5H3. The van der Waals surface area contributed by atoms with E-state index in [4.69, 9.17) is 0 Å². The second-order valence-electron chi connectivity index (χ2n) is 5.78. The summed E-state index contributed by atoms with van der Waals surface area (Å²) in [6, 6.07) is 0. The molecule has 0 bridgehead atoms. The molecule has 0 aliphatic carbocycles. The van der Waals surface area contributed by atoms with Gasteiger partial charge in [-0.2, -0.15) is 0 Å². The molecule has 1 fully saturated rings. The average molecular weight is 227 g/mol. The van der Waals surface area contributed by atoms with Gasteiger partial charge in [0.1, 0.15) is 0 Å². The van der Waals surface area contributed by atoms with Crippen LogP contribution in [0.2, 0.25) is 0 Å². The van der Waals surface area contributed by atoms with E-state index in [0.29, 0.717) is 6.54 Å². The van der Waals surface area contributed by atoms with E-state index in [9.17, 15) is 4.79 Å². The second kappa shape index (κ2) is 5.15. The van der Waals surface area contributed by atoms with Crippen LogP contribution in [0.5, 0.6) is 0 Å². The van der Waals surface area contributed by atoms with E-state index in [-0.39, 0.29) is 11.4 Å². The van der Waals surface area contributed by atoms with Crippen LogP contribution >= 0.6 is 0 Å². The van der Waals surface area contributed by atoms with Gasteiger partial charge in [0.05, 0.1) is 6.54 Å². The van der Waals surface area contributed by atoms with E-state index in [1.54, 1.807) is 0 Å². The molecule has 1 amide bonds. The maximum absolute atomic E-state index is 11.8. The molecule has 0 aromatic carbocycles. The number of hydrogen-bond acceptors (Lipinski definition) is 3. The Morgan fingerprint density at radius 3 is 2.00 bits per heavy atom. The summed E-state index contributed by atoms with van der Waals surface area (Å²) >= 11 is 0. The highest BCUT2D eigenvalue weighted by Crippen LogP contribution is 2.15. The Hall–Kier alpha value is -0.610. The van der Waals surface area contributed by atoms with Crippen LogP contribution in [-0.2, 0) is 4.79 Å². The van der Waals surface area contributed by atoms with Crippen molar-refractivity contribution in [1.29, 1.82) is 0 Å². The Labute approximate surface area is 99.2 Å². The fraction of sp³-hybridized carbons (Fsp3) is 0.917. The Bertz CT molecular complexity index is 237. The van der Waals surface area contributed by atoms with Crippen LogP contribution in [0.15, 0.2) is 0 Å². The fourth-order valence-corrected chi connectivity index (χ4v) is 2.00. The highest BCUT2D eigenvalue weighted by Gasteiger charge is 2.27. The number of likely N-dealkylation sites (N-methyl/N-ethyl adjacent to an activating group) is 1. The van der Waals surface area contributed by atoms with Gasteiger partial charge in [0.15, 0.2) is 0 Å². The lowest BCUT2D eigenvalue weighted by Crippen LogP contribution is -2.55. The summed E-state index contributed by atoms with van der Waals surface area (Å²) in [5.41, 5.74) is 0.219. The molecule has 4 heteroatoms. The van der Waals surface area contributed by atoms with Gasteiger partial charge < -0.3 is 9.80 Å². The quantitative estimate of drug-likeness (QED) is 0.687. The van der Waals surface area contributed by atoms with Crippen molar-refractivity contribution in [1.82, 2.24) is 14.7 Å². The molecule has 16 heavy (non-hydrogen) atoms. The predicted octanol–water partition coefficient (Wildman–Crippen LogP) is 0.491. The zero-order valence-electron chi connectivity index (χ0n) is 11.3. The van der Waals surface area contributed by atoms with Gasteiger partial charge in [-0.25, -0.2) is 0 Å². The fourth-order valence-electron chi connectivity index (χ4n) is 2.00. The average Bonchev–Trinajstić information content (AvgIpc) is 2.15. The van der Waals surface area contributed by atoms with Crippen molar-refractivity contribution in [2.75, 3.05) is 46.8 Å². The molecule has 0 unspecified atom stereocenters. The number of piperazine rings is 1.